The average molecular weight is 564 g/mol. The SMILES string of the molecule is O=C(O)C(F)(F)F.O=C(O)C(F)(F)F.c1csc(-c2n[nH]c3c2CN(Cc2cnc4nccn4c2)CC3)c1. The highest BCUT2D eigenvalue weighted by atomic mass is 32.1. The molecule has 1 aliphatic heterocycles. The Bertz CT molecular complexity index is 1360. The highest BCUT2D eigenvalue weighted by Gasteiger charge is 2.38. The van der Waals surface area contributed by atoms with Gasteiger partial charge in [0.15, 0.2) is 0 Å². The molecule has 17 heteroatoms. The molecule has 0 spiro atoms. The fourth-order valence-electron chi connectivity index (χ4n) is 3.30. The molecule has 3 N–H and O–H groups in total. The van der Waals surface area contributed by atoms with Crippen LogP contribution in [0.4, 0.5) is 26.3 Å². The van der Waals surface area contributed by atoms with E-state index in [4.69, 9.17) is 19.8 Å². The lowest BCUT2D eigenvalue weighted by atomic mass is 10.0. The molecule has 0 bridgehead atoms. The monoisotopic (exact) mass is 564 g/mol. The minimum Gasteiger partial charge on any atom is -0.475 e. The Morgan fingerprint density at radius 2 is 1.74 bits per heavy atom. The van der Waals surface area contributed by atoms with Gasteiger partial charge in [-0.15, -0.1) is 11.3 Å². The molecule has 4 aromatic heterocycles. The molecule has 10 nitrogen and oxygen atoms in total. The Hall–Kier alpha value is -3.99. The third-order valence-corrected chi connectivity index (χ3v) is 5.83. The van der Waals surface area contributed by atoms with Crippen molar-refractivity contribution < 1.29 is 46.1 Å². The highest BCUT2D eigenvalue weighted by molar-refractivity contribution is 7.13. The molecule has 4 aromatic rings. The summed E-state index contributed by atoms with van der Waals surface area (Å²) in [6.07, 6.45) is -1.41. The fourth-order valence-corrected chi connectivity index (χ4v) is 4.04. The van der Waals surface area contributed by atoms with Crippen LogP contribution in [0.3, 0.4) is 0 Å². The van der Waals surface area contributed by atoms with Gasteiger partial charge in [-0.25, -0.2) is 19.6 Å². The number of imidazole rings is 1. The van der Waals surface area contributed by atoms with Crippen LogP contribution < -0.4 is 0 Å². The van der Waals surface area contributed by atoms with Gasteiger partial charge in [0.25, 0.3) is 0 Å². The van der Waals surface area contributed by atoms with Gasteiger partial charge in [0, 0.05) is 67.7 Å². The number of nitrogens with zero attached hydrogens (tertiary/aromatic N) is 5. The number of carboxylic acids is 2. The number of halogens is 6. The molecule has 204 valence electrons. The molecular formula is C21H18F6N6O4S. The largest absolute Gasteiger partial charge is 0.490 e. The molecule has 0 radical (unpaired) electrons. The van der Waals surface area contributed by atoms with E-state index in [1.165, 1.54) is 21.7 Å². The first-order valence-electron chi connectivity index (χ1n) is 10.5. The van der Waals surface area contributed by atoms with E-state index >= 15 is 0 Å². The van der Waals surface area contributed by atoms with Gasteiger partial charge < -0.3 is 10.2 Å². The zero-order valence-corrected chi connectivity index (χ0v) is 19.8. The Labute approximate surface area is 213 Å². The summed E-state index contributed by atoms with van der Waals surface area (Å²) in [7, 11) is 0. The van der Waals surface area contributed by atoms with E-state index in [1.54, 1.807) is 17.5 Å². The van der Waals surface area contributed by atoms with Crippen LogP contribution in [-0.4, -0.2) is 70.5 Å². The lowest BCUT2D eigenvalue weighted by molar-refractivity contribution is -0.193. The van der Waals surface area contributed by atoms with Crippen molar-refractivity contribution in [2.45, 2.75) is 31.9 Å². The van der Waals surface area contributed by atoms with Crippen molar-refractivity contribution in [3.8, 4) is 10.6 Å². The average Bonchev–Trinajstić information content (AvgIpc) is 3.58. The summed E-state index contributed by atoms with van der Waals surface area (Å²) in [5.74, 6) is -4.77. The third-order valence-electron chi connectivity index (χ3n) is 4.96. The number of hydrogen-bond acceptors (Lipinski definition) is 7. The van der Waals surface area contributed by atoms with E-state index in [1.807, 2.05) is 16.8 Å². The normalized spacial score (nSPS) is 13.6. The van der Waals surface area contributed by atoms with Crippen molar-refractivity contribution in [2.24, 2.45) is 0 Å². The van der Waals surface area contributed by atoms with Crippen molar-refractivity contribution in [1.29, 1.82) is 0 Å². The van der Waals surface area contributed by atoms with Crippen LogP contribution in [0.2, 0.25) is 0 Å². The zero-order valence-electron chi connectivity index (χ0n) is 19.0. The number of aliphatic carboxylic acids is 2. The predicted molar refractivity (Wildman–Crippen MR) is 120 cm³/mol. The number of aromatic amines is 1. The molecule has 5 rings (SSSR count). The molecule has 0 unspecified atom stereocenters. The molecular weight excluding hydrogens is 546 g/mol. The molecule has 0 aliphatic carbocycles. The maximum Gasteiger partial charge on any atom is 0.490 e. The van der Waals surface area contributed by atoms with E-state index in [-0.39, 0.29) is 0 Å². The third kappa shape index (κ3) is 7.51. The number of nitrogens with one attached hydrogen (secondary N) is 1. The quantitative estimate of drug-likeness (QED) is 0.318. The number of fused-ring (bicyclic) bond motifs is 2. The van der Waals surface area contributed by atoms with Gasteiger partial charge >= 0.3 is 24.3 Å². The van der Waals surface area contributed by atoms with E-state index < -0.39 is 24.3 Å². The van der Waals surface area contributed by atoms with Gasteiger partial charge in [0.05, 0.1) is 4.88 Å². The second kappa shape index (κ2) is 11.6. The second-order valence-corrected chi connectivity index (χ2v) is 8.62. The lowest BCUT2D eigenvalue weighted by Crippen LogP contribution is -2.30. The second-order valence-electron chi connectivity index (χ2n) is 7.67. The number of carboxylic acid groups (broad SMARTS) is 2. The molecule has 1 aliphatic rings. The first-order valence-corrected chi connectivity index (χ1v) is 11.3. The van der Waals surface area contributed by atoms with Crippen LogP contribution in [0.15, 0.2) is 42.3 Å². The number of thiophene rings is 1. The topological polar surface area (TPSA) is 137 Å². The van der Waals surface area contributed by atoms with Gasteiger partial charge in [0.2, 0.25) is 5.78 Å². The van der Waals surface area contributed by atoms with E-state index in [9.17, 15) is 26.3 Å². The summed E-state index contributed by atoms with van der Waals surface area (Å²) in [6.45, 7) is 2.83. The summed E-state index contributed by atoms with van der Waals surface area (Å²) in [5, 5.41) is 24.1. The van der Waals surface area contributed by atoms with Crippen LogP contribution in [0.5, 0.6) is 0 Å². The number of aromatic nitrogens is 5. The maximum atomic E-state index is 10.6. The zero-order chi connectivity index (χ0) is 28.1. The molecule has 0 saturated carbocycles. The van der Waals surface area contributed by atoms with Crippen molar-refractivity contribution in [3.63, 3.8) is 0 Å². The van der Waals surface area contributed by atoms with E-state index in [0.717, 1.165) is 37.5 Å². The van der Waals surface area contributed by atoms with Gasteiger partial charge in [0.1, 0.15) is 5.69 Å². The first-order chi connectivity index (χ1) is 17.8. The lowest BCUT2D eigenvalue weighted by Gasteiger charge is -2.26. The molecule has 0 atom stereocenters. The number of carbonyl (C=O) groups is 2. The summed E-state index contributed by atoms with van der Waals surface area (Å²) < 4.78 is 65.4. The van der Waals surface area contributed by atoms with Gasteiger partial charge in [-0.3, -0.25) is 14.4 Å². The van der Waals surface area contributed by atoms with Gasteiger partial charge in [-0.05, 0) is 11.4 Å². The maximum absolute atomic E-state index is 10.6. The van der Waals surface area contributed by atoms with Crippen molar-refractivity contribution in [1.82, 2.24) is 29.5 Å². The summed E-state index contributed by atoms with van der Waals surface area (Å²) >= 11 is 1.74. The molecule has 0 fully saturated rings. The predicted octanol–water partition coefficient (Wildman–Crippen LogP) is 4.01. The van der Waals surface area contributed by atoms with Crippen LogP contribution in [0, 0.1) is 0 Å². The standard InChI is InChI=1S/C17H16N6S.2C2HF3O2/c1-2-15(24-7-1)16-13-11-22(5-3-14(13)20-21-16)9-12-8-19-17-18-4-6-23(17)10-12;2*3-2(4,5)1(6)7/h1-2,4,6-8,10H,3,5,9,11H2,(H,20,21);2*(H,6,7). The number of rotatable bonds is 3. The van der Waals surface area contributed by atoms with Crippen LogP contribution >= 0.6 is 11.3 Å². The minimum atomic E-state index is -5.08. The van der Waals surface area contributed by atoms with E-state index in [0.29, 0.717) is 0 Å². The smallest absolute Gasteiger partial charge is 0.475 e. The molecule has 38 heavy (non-hydrogen) atoms. The summed E-state index contributed by atoms with van der Waals surface area (Å²) in [6, 6.07) is 4.21. The first kappa shape index (κ1) is 28.6. The Kier molecular flexibility index (Phi) is 8.72. The van der Waals surface area contributed by atoms with Crippen molar-refractivity contribution in [3.05, 3.63) is 59.1 Å². The number of hydrogen-bond donors (Lipinski definition) is 3. The molecule has 0 saturated heterocycles. The minimum absolute atomic E-state index is 0.745. The Balaban J connectivity index is 0.000000239. The van der Waals surface area contributed by atoms with Crippen molar-refractivity contribution >= 4 is 29.1 Å². The van der Waals surface area contributed by atoms with Gasteiger partial charge in [-0.1, -0.05) is 6.07 Å². The van der Waals surface area contributed by atoms with Gasteiger partial charge in [-0.2, -0.15) is 31.4 Å². The molecule has 0 amide bonds. The molecule has 5 heterocycles. The fraction of sp³-hybridized carbons (Fsp3) is 0.286. The Morgan fingerprint density at radius 3 is 2.32 bits per heavy atom. The number of H-pyrrole nitrogens is 1. The Morgan fingerprint density at radius 1 is 1.08 bits per heavy atom. The molecule has 0 aromatic carbocycles. The van der Waals surface area contributed by atoms with E-state index in [2.05, 4.69) is 48.8 Å². The summed E-state index contributed by atoms with van der Waals surface area (Å²) in [4.78, 5) is 30.1. The highest BCUT2D eigenvalue weighted by Crippen LogP contribution is 2.31. The van der Waals surface area contributed by atoms with Crippen LogP contribution in [-0.2, 0) is 29.1 Å². The van der Waals surface area contributed by atoms with Crippen LogP contribution in [0.25, 0.3) is 16.3 Å². The van der Waals surface area contributed by atoms with Crippen LogP contribution in [0.1, 0.15) is 16.8 Å². The number of alkyl halides is 6. The van der Waals surface area contributed by atoms with Crippen molar-refractivity contribution in [2.75, 3.05) is 6.54 Å². The summed E-state index contributed by atoms with van der Waals surface area (Å²) in [5.41, 5.74) is 4.91.